The van der Waals surface area contributed by atoms with Crippen molar-refractivity contribution in [1.29, 1.82) is 0 Å². The summed E-state index contributed by atoms with van der Waals surface area (Å²) in [6.07, 6.45) is 1.46. The van der Waals surface area contributed by atoms with E-state index in [-0.39, 0.29) is 30.4 Å². The minimum absolute atomic E-state index is 0.0692. The van der Waals surface area contributed by atoms with E-state index in [0.29, 0.717) is 24.3 Å². The summed E-state index contributed by atoms with van der Waals surface area (Å²) in [5.41, 5.74) is 2.06. The van der Waals surface area contributed by atoms with E-state index in [1.807, 2.05) is 6.92 Å². The van der Waals surface area contributed by atoms with E-state index in [2.05, 4.69) is 10.6 Å². The lowest BCUT2D eigenvalue weighted by molar-refractivity contribution is -0.120. The lowest BCUT2D eigenvalue weighted by Gasteiger charge is -2.07. The van der Waals surface area contributed by atoms with Crippen LogP contribution in [0.4, 0.5) is 5.69 Å². The highest BCUT2D eigenvalue weighted by atomic mass is 16.5. The van der Waals surface area contributed by atoms with Crippen LogP contribution in [-0.4, -0.2) is 31.3 Å². The number of anilines is 1. The van der Waals surface area contributed by atoms with Gasteiger partial charge in [0.25, 0.3) is 0 Å². The topological polar surface area (TPSA) is 84.5 Å². The van der Waals surface area contributed by atoms with Crippen molar-refractivity contribution in [1.82, 2.24) is 5.32 Å². The minimum Gasteiger partial charge on any atom is -0.494 e. The van der Waals surface area contributed by atoms with Crippen molar-refractivity contribution in [3.8, 4) is 5.75 Å². The van der Waals surface area contributed by atoms with Crippen LogP contribution >= 0.6 is 0 Å². The molecule has 0 heterocycles. The van der Waals surface area contributed by atoms with Crippen LogP contribution in [0.5, 0.6) is 5.75 Å². The van der Waals surface area contributed by atoms with E-state index >= 15 is 0 Å². The maximum Gasteiger partial charge on any atom is 0.224 e. The largest absolute Gasteiger partial charge is 0.494 e. The first kappa shape index (κ1) is 21.2. The predicted octanol–water partition coefficient (Wildman–Crippen LogP) is 3.37. The summed E-state index contributed by atoms with van der Waals surface area (Å²) in [4.78, 5) is 35.7. The molecule has 0 atom stereocenters. The molecule has 2 rings (SSSR count). The molecule has 2 N–H and O–H groups in total. The Morgan fingerprint density at radius 1 is 0.893 bits per heavy atom. The Morgan fingerprint density at radius 3 is 2.18 bits per heavy atom. The summed E-state index contributed by atoms with van der Waals surface area (Å²) in [5.74, 6) is 0.352. The number of benzene rings is 2. The first-order valence-corrected chi connectivity index (χ1v) is 9.37. The van der Waals surface area contributed by atoms with Crippen LogP contribution in [0, 0.1) is 0 Å². The van der Waals surface area contributed by atoms with Gasteiger partial charge < -0.3 is 15.4 Å². The molecule has 0 aliphatic rings. The molecule has 0 aliphatic carbocycles. The zero-order valence-electron chi connectivity index (χ0n) is 16.3. The van der Waals surface area contributed by atoms with Crippen molar-refractivity contribution in [2.24, 2.45) is 0 Å². The lowest BCUT2D eigenvalue weighted by atomic mass is 10.1. The fourth-order valence-corrected chi connectivity index (χ4v) is 2.53. The number of ether oxygens (including phenoxy) is 1. The molecule has 0 spiro atoms. The van der Waals surface area contributed by atoms with E-state index in [9.17, 15) is 14.4 Å². The first-order chi connectivity index (χ1) is 13.5. The van der Waals surface area contributed by atoms with E-state index in [1.165, 1.54) is 0 Å². The third-order valence-corrected chi connectivity index (χ3v) is 4.11. The van der Waals surface area contributed by atoms with Gasteiger partial charge in [0.15, 0.2) is 5.78 Å². The van der Waals surface area contributed by atoms with Gasteiger partial charge >= 0.3 is 0 Å². The van der Waals surface area contributed by atoms with Gasteiger partial charge in [0.2, 0.25) is 11.8 Å². The monoisotopic (exact) mass is 382 g/mol. The summed E-state index contributed by atoms with van der Waals surface area (Å²) < 4.78 is 5.49. The predicted molar refractivity (Wildman–Crippen MR) is 109 cm³/mol. The highest BCUT2D eigenvalue weighted by Gasteiger charge is 2.10. The van der Waals surface area contributed by atoms with Gasteiger partial charge in [-0.2, -0.15) is 0 Å². The van der Waals surface area contributed by atoms with Crippen molar-refractivity contribution < 1.29 is 19.1 Å². The Balaban J connectivity index is 1.80. The van der Waals surface area contributed by atoms with Gasteiger partial charge in [0.1, 0.15) is 5.75 Å². The van der Waals surface area contributed by atoms with Gasteiger partial charge in [-0.15, -0.1) is 0 Å². The quantitative estimate of drug-likeness (QED) is 0.617. The van der Waals surface area contributed by atoms with E-state index < -0.39 is 0 Å². The van der Waals surface area contributed by atoms with Gasteiger partial charge in [0.05, 0.1) is 13.0 Å². The summed E-state index contributed by atoms with van der Waals surface area (Å²) in [6, 6.07) is 14.0. The molecule has 0 saturated carbocycles. The zero-order valence-corrected chi connectivity index (χ0v) is 16.3. The molecule has 2 amide bonds. The van der Waals surface area contributed by atoms with Gasteiger partial charge in [-0.05, 0) is 48.4 Å². The fourth-order valence-electron chi connectivity index (χ4n) is 2.53. The van der Waals surface area contributed by atoms with Gasteiger partial charge in [-0.3, -0.25) is 14.4 Å². The third kappa shape index (κ3) is 6.87. The number of hydrogen-bond acceptors (Lipinski definition) is 4. The first-order valence-electron chi connectivity index (χ1n) is 9.37. The Kier molecular flexibility index (Phi) is 8.21. The van der Waals surface area contributed by atoms with Gasteiger partial charge in [0, 0.05) is 31.1 Å². The molecule has 6 heteroatoms. The fraction of sp³-hybridized carbons (Fsp3) is 0.318. The number of ketones is 1. The highest BCUT2D eigenvalue weighted by Crippen LogP contribution is 2.15. The second-order valence-electron chi connectivity index (χ2n) is 6.39. The number of rotatable bonds is 10. The second kappa shape index (κ2) is 10.9. The smallest absolute Gasteiger partial charge is 0.224 e. The summed E-state index contributed by atoms with van der Waals surface area (Å²) >= 11 is 0. The molecule has 0 bridgehead atoms. The molecule has 148 valence electrons. The standard InChI is InChI=1S/C22H26N2O4/c1-3-14-28-19-10-6-17(7-11-19)20(25)12-13-21(26)24-18-8-4-16(5-9-18)15-22(27)23-2/h4-11H,3,12-15H2,1-2H3,(H,23,27)(H,24,26). The van der Waals surface area contributed by atoms with Crippen LogP contribution in [0.15, 0.2) is 48.5 Å². The molecule has 0 aliphatic heterocycles. The van der Waals surface area contributed by atoms with Crippen LogP contribution in [0.1, 0.15) is 42.1 Å². The Hall–Kier alpha value is -3.15. The molecule has 2 aromatic carbocycles. The molecule has 2 aromatic rings. The number of Topliss-reactive ketones (excluding diaryl/α,β-unsaturated/α-hetero) is 1. The van der Waals surface area contributed by atoms with Crippen LogP contribution in [0.3, 0.4) is 0 Å². The van der Waals surface area contributed by atoms with Crippen LogP contribution < -0.4 is 15.4 Å². The van der Waals surface area contributed by atoms with Crippen molar-refractivity contribution >= 4 is 23.3 Å². The average molecular weight is 382 g/mol. The number of hydrogen-bond donors (Lipinski definition) is 2. The minimum atomic E-state index is -0.227. The van der Waals surface area contributed by atoms with Crippen LogP contribution in [0.25, 0.3) is 0 Å². The highest BCUT2D eigenvalue weighted by molar-refractivity contribution is 6.00. The molecule has 6 nitrogen and oxygen atoms in total. The number of carbonyl (C=O) groups is 3. The molecular weight excluding hydrogens is 356 g/mol. The van der Waals surface area contributed by atoms with E-state index in [1.54, 1.807) is 55.6 Å². The van der Waals surface area contributed by atoms with Crippen molar-refractivity contribution in [3.63, 3.8) is 0 Å². The Bertz CT molecular complexity index is 798. The van der Waals surface area contributed by atoms with Crippen molar-refractivity contribution in [2.45, 2.75) is 32.6 Å². The summed E-state index contributed by atoms with van der Waals surface area (Å²) in [5, 5.41) is 5.33. The van der Waals surface area contributed by atoms with Gasteiger partial charge in [-0.1, -0.05) is 19.1 Å². The number of amides is 2. The normalized spacial score (nSPS) is 10.2. The maximum absolute atomic E-state index is 12.2. The van der Waals surface area contributed by atoms with Crippen molar-refractivity contribution in [2.75, 3.05) is 19.0 Å². The number of nitrogens with one attached hydrogen (secondary N) is 2. The number of likely N-dealkylation sites (N-methyl/N-ethyl adjacent to an activating group) is 1. The van der Waals surface area contributed by atoms with Crippen molar-refractivity contribution in [3.05, 3.63) is 59.7 Å². The van der Waals surface area contributed by atoms with E-state index in [0.717, 1.165) is 17.7 Å². The summed E-state index contributed by atoms with van der Waals surface area (Å²) in [7, 11) is 1.59. The van der Waals surface area contributed by atoms with Crippen LogP contribution in [0.2, 0.25) is 0 Å². The maximum atomic E-state index is 12.2. The third-order valence-electron chi connectivity index (χ3n) is 4.11. The molecule has 0 unspecified atom stereocenters. The molecule has 28 heavy (non-hydrogen) atoms. The molecule has 0 fully saturated rings. The SMILES string of the molecule is CCCOc1ccc(C(=O)CCC(=O)Nc2ccc(CC(=O)NC)cc2)cc1. The Labute approximate surface area is 165 Å². The van der Waals surface area contributed by atoms with Gasteiger partial charge in [-0.25, -0.2) is 0 Å². The summed E-state index contributed by atoms with van der Waals surface area (Å²) in [6.45, 7) is 2.67. The Morgan fingerprint density at radius 2 is 1.57 bits per heavy atom. The molecular formula is C22H26N2O4. The second-order valence-corrected chi connectivity index (χ2v) is 6.39. The van der Waals surface area contributed by atoms with Crippen LogP contribution in [-0.2, 0) is 16.0 Å². The average Bonchev–Trinajstić information content (AvgIpc) is 2.72. The number of carbonyl (C=O) groups excluding carboxylic acids is 3. The molecule has 0 saturated heterocycles. The lowest BCUT2D eigenvalue weighted by Crippen LogP contribution is -2.19. The molecule has 0 radical (unpaired) electrons. The van der Waals surface area contributed by atoms with E-state index in [4.69, 9.17) is 4.74 Å². The zero-order chi connectivity index (χ0) is 20.4. The molecule has 0 aromatic heterocycles.